The van der Waals surface area contributed by atoms with Crippen molar-refractivity contribution in [3.63, 3.8) is 0 Å². The van der Waals surface area contributed by atoms with Crippen molar-refractivity contribution < 1.29 is 23.5 Å². The monoisotopic (exact) mass is 441 g/mol. The lowest BCUT2D eigenvalue weighted by Crippen LogP contribution is -2.40. The molecule has 0 bridgehead atoms. The van der Waals surface area contributed by atoms with Gasteiger partial charge in [0.05, 0.1) is 18.6 Å². The highest BCUT2D eigenvalue weighted by Crippen LogP contribution is 2.25. The van der Waals surface area contributed by atoms with Gasteiger partial charge in [0.2, 0.25) is 0 Å². The summed E-state index contributed by atoms with van der Waals surface area (Å²) < 4.78 is 19.0. The predicted octanol–water partition coefficient (Wildman–Crippen LogP) is 1.66. The highest BCUT2D eigenvalue weighted by Gasteiger charge is 2.35. The summed E-state index contributed by atoms with van der Waals surface area (Å²) in [6.45, 7) is 2.76. The molecule has 1 aromatic carbocycles. The molecule has 1 unspecified atom stereocenters. The molecule has 0 aliphatic carbocycles. The number of aromatic amines is 1. The van der Waals surface area contributed by atoms with E-state index in [-0.39, 0.29) is 36.7 Å². The van der Waals surface area contributed by atoms with E-state index in [0.29, 0.717) is 30.5 Å². The topological polar surface area (TPSA) is 99.8 Å². The quantitative estimate of drug-likeness (QED) is 0.731. The van der Waals surface area contributed by atoms with Crippen molar-refractivity contribution in [2.45, 2.75) is 26.3 Å². The van der Waals surface area contributed by atoms with E-state index in [1.165, 1.54) is 35.2 Å². The number of pyridine rings is 1. The Labute approximate surface area is 184 Å². The molecule has 1 saturated heterocycles. The second kappa shape index (κ2) is 8.57. The van der Waals surface area contributed by atoms with Crippen LogP contribution in [0.1, 0.15) is 43.8 Å². The average molecular weight is 441 g/mol. The number of rotatable bonds is 3. The fourth-order valence-corrected chi connectivity index (χ4v) is 4.40. The number of esters is 1. The van der Waals surface area contributed by atoms with Crippen LogP contribution in [0.4, 0.5) is 4.39 Å². The number of fused-ring (bicyclic) bond motifs is 1. The van der Waals surface area contributed by atoms with Gasteiger partial charge in [-0.3, -0.25) is 19.2 Å². The number of carbonyl (C=O) groups excluding carboxylic acids is 3. The number of hydrogen-bond acceptors (Lipinski definition) is 5. The third kappa shape index (κ3) is 3.90. The zero-order valence-electron chi connectivity index (χ0n) is 17.9. The number of halogens is 1. The smallest absolute Gasteiger partial charge is 0.310 e. The van der Waals surface area contributed by atoms with Crippen LogP contribution in [0.15, 0.2) is 29.2 Å². The van der Waals surface area contributed by atoms with Gasteiger partial charge in [-0.25, -0.2) is 4.39 Å². The Morgan fingerprint density at radius 3 is 2.69 bits per heavy atom. The van der Waals surface area contributed by atoms with Crippen LogP contribution in [0.5, 0.6) is 0 Å². The van der Waals surface area contributed by atoms with Gasteiger partial charge in [-0.2, -0.15) is 0 Å². The number of H-pyrrole nitrogens is 1. The van der Waals surface area contributed by atoms with Gasteiger partial charge < -0.3 is 19.5 Å². The summed E-state index contributed by atoms with van der Waals surface area (Å²) in [4.78, 5) is 56.0. The van der Waals surface area contributed by atoms with Crippen LogP contribution in [0, 0.1) is 18.7 Å². The minimum Gasteiger partial charge on any atom is -0.469 e. The number of benzene rings is 1. The van der Waals surface area contributed by atoms with E-state index in [1.807, 2.05) is 0 Å². The number of amides is 2. The molecule has 2 aliphatic heterocycles. The fourth-order valence-electron chi connectivity index (χ4n) is 4.40. The van der Waals surface area contributed by atoms with Crippen molar-refractivity contribution in [3.05, 3.63) is 68.4 Å². The molecule has 9 heteroatoms. The summed E-state index contributed by atoms with van der Waals surface area (Å²) in [5.41, 5.74) is 1.56. The molecule has 8 nitrogen and oxygen atoms in total. The van der Waals surface area contributed by atoms with Gasteiger partial charge >= 0.3 is 5.97 Å². The van der Waals surface area contributed by atoms with E-state index in [1.54, 1.807) is 13.0 Å². The summed E-state index contributed by atoms with van der Waals surface area (Å²) in [6, 6.07) is 4.38. The van der Waals surface area contributed by atoms with Gasteiger partial charge in [0.1, 0.15) is 11.4 Å². The first-order valence-electron chi connectivity index (χ1n) is 10.5. The standard InChI is InChI=1S/C23H24FN3O5/c1-13-3-4-18(24)17(9-13)21(29)26-8-6-16-15(12-26)10-25-20(28)19(16)22(30)27-7-5-14(11-27)23(31)32-2/h3-4,9-10,14H,5-8,11-12H2,1-2H3,(H,25,28). The number of methoxy groups -OCH3 is 1. The molecule has 1 N–H and O–H groups in total. The van der Waals surface area contributed by atoms with Gasteiger partial charge in [0.25, 0.3) is 17.4 Å². The van der Waals surface area contributed by atoms with Gasteiger partial charge in [-0.05, 0) is 43.0 Å². The fraction of sp³-hybridized carbons (Fsp3) is 0.391. The lowest BCUT2D eigenvalue weighted by atomic mass is 9.95. The maximum absolute atomic E-state index is 14.2. The summed E-state index contributed by atoms with van der Waals surface area (Å²) in [5.74, 6) is -2.23. The second-order valence-electron chi connectivity index (χ2n) is 8.22. The molecule has 2 aromatic rings. The molecule has 0 radical (unpaired) electrons. The molecular formula is C23H24FN3O5. The number of ether oxygens (including phenoxy) is 1. The first-order valence-corrected chi connectivity index (χ1v) is 10.5. The summed E-state index contributed by atoms with van der Waals surface area (Å²) in [5, 5.41) is 0. The Bertz CT molecular complexity index is 1160. The Kier molecular flexibility index (Phi) is 5.82. The van der Waals surface area contributed by atoms with Crippen LogP contribution in [0.2, 0.25) is 0 Å². The van der Waals surface area contributed by atoms with Gasteiger partial charge in [0.15, 0.2) is 0 Å². The van der Waals surface area contributed by atoms with E-state index in [9.17, 15) is 23.6 Å². The number of nitrogens with one attached hydrogen (secondary N) is 1. The van der Waals surface area contributed by atoms with Crippen molar-refractivity contribution >= 4 is 17.8 Å². The van der Waals surface area contributed by atoms with Crippen molar-refractivity contribution in [1.82, 2.24) is 14.8 Å². The maximum Gasteiger partial charge on any atom is 0.310 e. The summed E-state index contributed by atoms with van der Waals surface area (Å²) in [7, 11) is 1.31. The number of aromatic nitrogens is 1. The molecule has 168 valence electrons. The largest absolute Gasteiger partial charge is 0.469 e. The molecule has 0 spiro atoms. The number of nitrogens with zero attached hydrogens (tertiary/aromatic N) is 2. The van der Waals surface area contributed by atoms with Crippen LogP contribution in [-0.4, -0.2) is 59.3 Å². The first kappa shape index (κ1) is 21.7. The highest BCUT2D eigenvalue weighted by atomic mass is 19.1. The Hall–Kier alpha value is -3.49. The highest BCUT2D eigenvalue weighted by molar-refractivity contribution is 5.97. The summed E-state index contributed by atoms with van der Waals surface area (Å²) in [6.07, 6.45) is 2.28. The molecule has 3 heterocycles. The van der Waals surface area contributed by atoms with Gasteiger partial charge in [0, 0.05) is 32.4 Å². The Balaban J connectivity index is 1.58. The van der Waals surface area contributed by atoms with Crippen molar-refractivity contribution in [2.24, 2.45) is 5.92 Å². The van der Waals surface area contributed by atoms with E-state index in [0.717, 1.165) is 5.56 Å². The first-order chi connectivity index (χ1) is 15.3. The Morgan fingerprint density at radius 2 is 1.94 bits per heavy atom. The van der Waals surface area contributed by atoms with Crippen molar-refractivity contribution in [1.29, 1.82) is 0 Å². The average Bonchev–Trinajstić information content (AvgIpc) is 3.29. The normalized spacial score (nSPS) is 17.8. The van der Waals surface area contributed by atoms with Crippen LogP contribution < -0.4 is 5.56 Å². The minimum absolute atomic E-state index is 0.0000863. The molecule has 2 amide bonds. The number of likely N-dealkylation sites (tertiary alicyclic amines) is 1. The van der Waals surface area contributed by atoms with Crippen molar-refractivity contribution in [2.75, 3.05) is 26.7 Å². The van der Waals surface area contributed by atoms with Crippen LogP contribution >= 0.6 is 0 Å². The minimum atomic E-state index is -0.585. The van der Waals surface area contributed by atoms with Crippen LogP contribution in [0.25, 0.3) is 0 Å². The van der Waals surface area contributed by atoms with E-state index >= 15 is 0 Å². The third-order valence-corrected chi connectivity index (χ3v) is 6.15. The second-order valence-corrected chi connectivity index (χ2v) is 8.22. The van der Waals surface area contributed by atoms with Gasteiger partial charge in [-0.15, -0.1) is 0 Å². The Morgan fingerprint density at radius 1 is 1.16 bits per heavy atom. The van der Waals surface area contributed by atoms with Gasteiger partial charge in [-0.1, -0.05) is 11.6 Å². The summed E-state index contributed by atoms with van der Waals surface area (Å²) >= 11 is 0. The predicted molar refractivity (Wildman–Crippen MR) is 113 cm³/mol. The zero-order valence-corrected chi connectivity index (χ0v) is 17.9. The maximum atomic E-state index is 14.2. The molecule has 1 atom stereocenters. The van der Waals surface area contributed by atoms with Crippen LogP contribution in [0.3, 0.4) is 0 Å². The molecule has 1 aromatic heterocycles. The number of carbonyl (C=O) groups is 3. The van der Waals surface area contributed by atoms with E-state index in [4.69, 9.17) is 4.74 Å². The SMILES string of the molecule is COC(=O)C1CCN(C(=O)c2c3c(c[nH]c2=O)CN(C(=O)c2cc(C)ccc2F)CC3)C1. The number of hydrogen-bond donors (Lipinski definition) is 1. The zero-order chi connectivity index (χ0) is 23.0. The lowest BCUT2D eigenvalue weighted by Gasteiger charge is -2.30. The molecule has 2 aliphatic rings. The van der Waals surface area contributed by atoms with Crippen LogP contribution in [-0.2, 0) is 22.5 Å². The van der Waals surface area contributed by atoms with E-state index < -0.39 is 29.1 Å². The third-order valence-electron chi connectivity index (χ3n) is 6.15. The van der Waals surface area contributed by atoms with E-state index in [2.05, 4.69) is 4.98 Å². The molecule has 32 heavy (non-hydrogen) atoms. The lowest BCUT2D eigenvalue weighted by molar-refractivity contribution is -0.144. The molecule has 1 fully saturated rings. The molecule has 0 saturated carbocycles. The molecule has 4 rings (SSSR count). The number of aryl methyl sites for hydroxylation is 1. The molecular weight excluding hydrogens is 417 g/mol. The van der Waals surface area contributed by atoms with Crippen molar-refractivity contribution in [3.8, 4) is 0 Å².